The molecule has 0 aromatic heterocycles. The Morgan fingerprint density at radius 3 is 2.46 bits per heavy atom. The van der Waals surface area contributed by atoms with Crippen molar-refractivity contribution in [3.05, 3.63) is 24.4 Å². The molecule has 0 rings (SSSR count). The van der Waals surface area contributed by atoms with Gasteiger partial charge in [-0.1, -0.05) is 26.8 Å². The number of allylic oxidation sites excluding steroid dienone is 3. The number of carbonyl (C=O) groups excluding carboxylic acids is 1. The summed E-state index contributed by atoms with van der Waals surface area (Å²) >= 11 is 0. The molecular weight excluding hydrogens is 164 g/mol. The van der Waals surface area contributed by atoms with Crippen LogP contribution in [0, 0.1) is 16.9 Å². The predicted octanol–water partition coefficient (Wildman–Crippen LogP) is 1.74. The van der Waals surface area contributed by atoms with Gasteiger partial charge in [-0.3, -0.25) is 10.1 Å². The van der Waals surface area contributed by atoms with E-state index in [1.165, 1.54) is 12.3 Å². The Kier molecular flexibility index (Phi) is 4.53. The third kappa shape index (κ3) is 5.68. The Hall–Kier alpha value is -1.56. The molecule has 3 nitrogen and oxygen atoms in total. The summed E-state index contributed by atoms with van der Waals surface area (Å²) in [5, 5.41) is 10.4. The number of rotatable bonds is 3. The topological polar surface area (TPSA) is 52.9 Å². The first-order chi connectivity index (χ1) is 5.98. The van der Waals surface area contributed by atoms with Crippen LogP contribution in [-0.4, -0.2) is 5.78 Å². The van der Waals surface area contributed by atoms with Crippen LogP contribution in [0.4, 0.5) is 0 Å². The van der Waals surface area contributed by atoms with Gasteiger partial charge in [-0.25, -0.2) is 0 Å². The highest BCUT2D eigenvalue weighted by atomic mass is 16.1. The molecule has 0 aliphatic rings. The van der Waals surface area contributed by atoms with Crippen LogP contribution in [0.25, 0.3) is 0 Å². The molecule has 0 unspecified atom stereocenters. The second-order valence-electron chi connectivity index (χ2n) is 3.59. The summed E-state index contributed by atoms with van der Waals surface area (Å²) in [6.07, 6.45) is 7.90. The van der Waals surface area contributed by atoms with E-state index in [0.29, 0.717) is 0 Å². The van der Waals surface area contributed by atoms with Gasteiger partial charge in [-0.2, -0.15) is 5.26 Å². The van der Waals surface area contributed by atoms with Crippen molar-refractivity contribution in [1.29, 1.82) is 5.26 Å². The molecule has 0 aromatic rings. The fourth-order valence-electron chi connectivity index (χ4n) is 0.534. The first-order valence-corrected chi connectivity index (χ1v) is 4.01. The summed E-state index contributed by atoms with van der Waals surface area (Å²) in [6, 6.07) is 0. The highest BCUT2D eigenvalue weighted by Gasteiger charge is 2.17. The van der Waals surface area contributed by atoms with E-state index < -0.39 is 0 Å². The molecule has 0 fully saturated rings. The number of hydrogen-bond acceptors (Lipinski definition) is 3. The van der Waals surface area contributed by atoms with Gasteiger partial charge in [0.1, 0.15) is 0 Å². The third-order valence-electron chi connectivity index (χ3n) is 1.34. The van der Waals surface area contributed by atoms with Crippen LogP contribution in [0.2, 0.25) is 0 Å². The summed E-state index contributed by atoms with van der Waals surface area (Å²) in [6.45, 7) is 5.57. The van der Waals surface area contributed by atoms with Gasteiger partial charge < -0.3 is 0 Å². The van der Waals surface area contributed by atoms with Crippen molar-refractivity contribution >= 4 is 5.78 Å². The molecule has 13 heavy (non-hydrogen) atoms. The molecule has 0 amide bonds. The summed E-state index contributed by atoms with van der Waals surface area (Å²) in [5.74, 6) is 0.0640. The summed E-state index contributed by atoms with van der Waals surface area (Å²) in [7, 11) is 0. The zero-order valence-electron chi connectivity index (χ0n) is 8.16. The maximum absolute atomic E-state index is 11.3. The molecule has 0 saturated heterocycles. The molecular formula is C10H14N2O. The molecule has 70 valence electrons. The van der Waals surface area contributed by atoms with Gasteiger partial charge in [0.15, 0.2) is 12.0 Å². The Bertz CT molecular complexity index is 264. The number of carbonyl (C=O) groups is 1. The molecule has 0 aliphatic heterocycles. The smallest absolute Gasteiger partial charge is 0.180 e. The number of nitrogens with one attached hydrogen (secondary N) is 1. The normalized spacial score (nSPS) is 11.8. The van der Waals surface area contributed by atoms with Crippen LogP contribution in [0.1, 0.15) is 20.8 Å². The average molecular weight is 178 g/mol. The van der Waals surface area contributed by atoms with Crippen LogP contribution in [-0.2, 0) is 4.79 Å². The van der Waals surface area contributed by atoms with Crippen LogP contribution in [0.5, 0.6) is 0 Å². The van der Waals surface area contributed by atoms with Crippen LogP contribution >= 0.6 is 0 Å². The van der Waals surface area contributed by atoms with Crippen molar-refractivity contribution in [2.45, 2.75) is 20.8 Å². The number of ketones is 1. The number of nitriles is 1. The van der Waals surface area contributed by atoms with Crippen molar-refractivity contribution < 1.29 is 4.79 Å². The molecule has 0 heterocycles. The lowest BCUT2D eigenvalue weighted by Crippen LogP contribution is -2.17. The Morgan fingerprint density at radius 2 is 2.00 bits per heavy atom. The molecule has 0 atom stereocenters. The first-order valence-electron chi connectivity index (χ1n) is 4.01. The maximum atomic E-state index is 11.3. The van der Waals surface area contributed by atoms with Gasteiger partial charge in [0.25, 0.3) is 0 Å². The second-order valence-corrected chi connectivity index (χ2v) is 3.59. The van der Waals surface area contributed by atoms with Gasteiger partial charge >= 0.3 is 0 Å². The van der Waals surface area contributed by atoms with Crippen LogP contribution in [0.3, 0.4) is 0 Å². The quantitative estimate of drug-likeness (QED) is 0.310. The maximum Gasteiger partial charge on any atom is 0.180 e. The monoisotopic (exact) mass is 178 g/mol. The lowest BCUT2D eigenvalue weighted by atomic mass is 9.91. The third-order valence-corrected chi connectivity index (χ3v) is 1.34. The molecule has 0 radical (unpaired) electrons. The minimum absolute atomic E-state index is 0.0640. The zero-order chi connectivity index (χ0) is 10.3. The Morgan fingerprint density at radius 1 is 1.38 bits per heavy atom. The minimum atomic E-state index is -0.340. The van der Waals surface area contributed by atoms with Gasteiger partial charge in [0, 0.05) is 11.6 Å². The van der Waals surface area contributed by atoms with Crippen LogP contribution in [0.15, 0.2) is 24.4 Å². The largest absolute Gasteiger partial charge is 0.300 e. The van der Waals surface area contributed by atoms with Gasteiger partial charge in [-0.05, 0) is 12.2 Å². The molecule has 3 heteroatoms. The summed E-state index contributed by atoms with van der Waals surface area (Å²) < 4.78 is 0. The van der Waals surface area contributed by atoms with E-state index in [9.17, 15) is 4.79 Å². The van der Waals surface area contributed by atoms with Crippen molar-refractivity contribution in [1.82, 2.24) is 5.32 Å². The molecule has 0 aliphatic carbocycles. The van der Waals surface area contributed by atoms with Crippen molar-refractivity contribution in [3.63, 3.8) is 0 Å². The average Bonchev–Trinajstić information content (AvgIpc) is 2.02. The van der Waals surface area contributed by atoms with Crippen molar-refractivity contribution in [3.8, 4) is 6.19 Å². The van der Waals surface area contributed by atoms with E-state index in [1.54, 1.807) is 18.3 Å². The van der Waals surface area contributed by atoms with E-state index in [4.69, 9.17) is 5.26 Å². The van der Waals surface area contributed by atoms with Gasteiger partial charge in [0.2, 0.25) is 0 Å². The zero-order valence-corrected chi connectivity index (χ0v) is 8.16. The molecule has 0 bridgehead atoms. The molecule has 0 spiro atoms. The van der Waals surface area contributed by atoms with Crippen molar-refractivity contribution in [2.75, 3.05) is 0 Å². The molecule has 1 N–H and O–H groups in total. The number of hydrogen-bond donors (Lipinski definition) is 1. The summed E-state index contributed by atoms with van der Waals surface area (Å²) in [5.41, 5.74) is -0.340. The van der Waals surface area contributed by atoms with E-state index in [2.05, 4.69) is 5.32 Å². The lowest BCUT2D eigenvalue weighted by molar-refractivity contribution is -0.121. The predicted molar refractivity (Wildman–Crippen MR) is 51.5 cm³/mol. The fourth-order valence-corrected chi connectivity index (χ4v) is 0.534. The fraction of sp³-hybridized carbons (Fsp3) is 0.400. The SMILES string of the molecule is CC(C)(C)C(=O)/C=C/C=C/NC#N. The van der Waals surface area contributed by atoms with E-state index in [-0.39, 0.29) is 11.2 Å². The molecule has 0 aromatic carbocycles. The van der Waals surface area contributed by atoms with E-state index in [1.807, 2.05) is 20.8 Å². The summed E-state index contributed by atoms with van der Waals surface area (Å²) in [4.78, 5) is 11.3. The van der Waals surface area contributed by atoms with Crippen LogP contribution < -0.4 is 5.32 Å². The first kappa shape index (κ1) is 11.4. The second kappa shape index (κ2) is 5.15. The number of nitrogens with zero attached hydrogens (tertiary/aromatic N) is 1. The lowest BCUT2D eigenvalue weighted by Gasteiger charge is -2.12. The molecule has 0 saturated carbocycles. The van der Waals surface area contributed by atoms with Crippen molar-refractivity contribution in [2.24, 2.45) is 5.41 Å². The van der Waals surface area contributed by atoms with E-state index in [0.717, 1.165) is 0 Å². The minimum Gasteiger partial charge on any atom is -0.300 e. The Balaban J connectivity index is 4.01. The van der Waals surface area contributed by atoms with E-state index >= 15 is 0 Å². The standard InChI is InChI=1S/C10H14N2O/c1-10(2,3)9(13)6-4-5-7-12-8-11/h4-7,12H,1-3H3/b6-4+,7-5+. The highest BCUT2D eigenvalue weighted by molar-refractivity contribution is 5.94. The highest BCUT2D eigenvalue weighted by Crippen LogP contribution is 2.14. The Labute approximate surface area is 78.7 Å². The van der Waals surface area contributed by atoms with Gasteiger partial charge in [-0.15, -0.1) is 0 Å². The van der Waals surface area contributed by atoms with Gasteiger partial charge in [0.05, 0.1) is 0 Å².